The lowest BCUT2D eigenvalue weighted by Crippen LogP contribution is -2.36. The number of carbonyl (C=O) groups is 1. The quantitative estimate of drug-likeness (QED) is 0.627. The molecule has 0 aromatic heterocycles. The first-order valence-corrected chi connectivity index (χ1v) is 11.0. The van der Waals surface area contributed by atoms with E-state index in [1.165, 1.54) is 12.1 Å². The van der Waals surface area contributed by atoms with Gasteiger partial charge in [0.15, 0.2) is 0 Å². The van der Waals surface area contributed by atoms with Gasteiger partial charge in [0, 0.05) is 30.5 Å². The molecule has 0 saturated carbocycles. The summed E-state index contributed by atoms with van der Waals surface area (Å²) in [6, 6.07) is 13.9. The van der Waals surface area contributed by atoms with Crippen LogP contribution >= 0.6 is 0 Å². The van der Waals surface area contributed by atoms with E-state index < -0.39 is 10.0 Å². The minimum Gasteiger partial charge on any atom is -0.378 e. The minimum absolute atomic E-state index is 0.0618. The number of primary sulfonamides is 1. The Kier molecular flexibility index (Phi) is 6.86. The van der Waals surface area contributed by atoms with Crippen molar-refractivity contribution < 1.29 is 17.9 Å². The SMILES string of the molecule is C[C@H](NCC(=O)Nc1ccc(N2CCOCC2)cc1)c1ccc(S(N)(=O)=O)cc1. The molecule has 4 N–H and O–H groups in total. The Balaban J connectivity index is 1.49. The molecular weight excluding hydrogens is 392 g/mol. The number of ether oxygens (including phenoxy) is 1. The first kappa shape index (κ1) is 21.3. The molecule has 1 aliphatic heterocycles. The maximum Gasteiger partial charge on any atom is 0.238 e. The van der Waals surface area contributed by atoms with Crippen LogP contribution in [0.15, 0.2) is 53.4 Å². The van der Waals surface area contributed by atoms with Crippen molar-refractivity contribution in [2.75, 3.05) is 43.1 Å². The lowest BCUT2D eigenvalue weighted by molar-refractivity contribution is -0.115. The molecule has 3 rings (SSSR count). The molecule has 156 valence electrons. The summed E-state index contributed by atoms with van der Waals surface area (Å²) < 4.78 is 28.0. The third-order valence-electron chi connectivity index (χ3n) is 4.80. The number of rotatable bonds is 7. The van der Waals surface area contributed by atoms with E-state index in [4.69, 9.17) is 9.88 Å². The van der Waals surface area contributed by atoms with Crippen LogP contribution in [-0.2, 0) is 19.6 Å². The van der Waals surface area contributed by atoms with Crippen LogP contribution in [0.1, 0.15) is 18.5 Å². The molecular formula is C20H26N4O4S. The zero-order chi connectivity index (χ0) is 20.9. The monoisotopic (exact) mass is 418 g/mol. The van der Waals surface area contributed by atoms with Gasteiger partial charge in [0.05, 0.1) is 24.7 Å². The van der Waals surface area contributed by atoms with Crippen LogP contribution in [0.2, 0.25) is 0 Å². The highest BCUT2D eigenvalue weighted by atomic mass is 32.2. The number of carbonyl (C=O) groups excluding carboxylic acids is 1. The standard InChI is InChI=1S/C20H26N4O4S/c1-15(16-2-8-19(9-3-16)29(21,26)27)22-14-20(25)23-17-4-6-18(7-5-17)24-10-12-28-13-11-24/h2-9,15,22H,10-14H2,1H3,(H,23,25)(H2,21,26,27)/t15-/m0/s1. The molecule has 8 nitrogen and oxygen atoms in total. The number of benzene rings is 2. The van der Waals surface area contributed by atoms with E-state index in [2.05, 4.69) is 15.5 Å². The van der Waals surface area contributed by atoms with E-state index in [1.54, 1.807) is 12.1 Å². The number of nitrogens with zero attached hydrogens (tertiary/aromatic N) is 1. The summed E-state index contributed by atoms with van der Waals surface area (Å²) in [5, 5.41) is 11.1. The van der Waals surface area contributed by atoms with Gasteiger partial charge >= 0.3 is 0 Å². The summed E-state index contributed by atoms with van der Waals surface area (Å²) in [5.41, 5.74) is 2.71. The van der Waals surface area contributed by atoms with Crippen LogP contribution < -0.4 is 20.7 Å². The van der Waals surface area contributed by atoms with Gasteiger partial charge in [-0.2, -0.15) is 0 Å². The van der Waals surface area contributed by atoms with Crippen molar-refractivity contribution in [1.29, 1.82) is 0 Å². The first-order valence-electron chi connectivity index (χ1n) is 9.42. The van der Waals surface area contributed by atoms with Gasteiger partial charge in [0.1, 0.15) is 0 Å². The number of anilines is 2. The molecule has 2 aromatic rings. The molecule has 0 aliphatic carbocycles. The van der Waals surface area contributed by atoms with Gasteiger partial charge in [0.2, 0.25) is 15.9 Å². The van der Waals surface area contributed by atoms with Gasteiger partial charge < -0.3 is 20.3 Å². The molecule has 0 spiro atoms. The second-order valence-corrected chi connectivity index (χ2v) is 8.47. The van der Waals surface area contributed by atoms with Crippen LogP contribution in [-0.4, -0.2) is 47.2 Å². The summed E-state index contributed by atoms with van der Waals surface area (Å²) in [6.07, 6.45) is 0. The van der Waals surface area contributed by atoms with E-state index in [1.807, 2.05) is 31.2 Å². The normalized spacial score (nSPS) is 15.7. The molecule has 1 aliphatic rings. The Morgan fingerprint density at radius 2 is 1.72 bits per heavy atom. The molecule has 0 bridgehead atoms. The van der Waals surface area contributed by atoms with Crippen molar-refractivity contribution in [3.05, 3.63) is 54.1 Å². The predicted molar refractivity (Wildman–Crippen MR) is 112 cm³/mol. The number of morpholine rings is 1. The van der Waals surface area contributed by atoms with Crippen molar-refractivity contribution in [3.63, 3.8) is 0 Å². The average molecular weight is 419 g/mol. The lowest BCUT2D eigenvalue weighted by Gasteiger charge is -2.28. The van der Waals surface area contributed by atoms with Gasteiger partial charge in [-0.15, -0.1) is 0 Å². The summed E-state index contributed by atoms with van der Waals surface area (Å²) in [6.45, 7) is 5.22. The largest absolute Gasteiger partial charge is 0.378 e. The van der Waals surface area contributed by atoms with Crippen LogP contribution in [0.5, 0.6) is 0 Å². The van der Waals surface area contributed by atoms with E-state index in [-0.39, 0.29) is 23.4 Å². The summed E-state index contributed by atoms with van der Waals surface area (Å²) >= 11 is 0. The van der Waals surface area contributed by atoms with Gasteiger partial charge in [-0.05, 0) is 48.9 Å². The fourth-order valence-corrected chi connectivity index (χ4v) is 3.61. The van der Waals surface area contributed by atoms with Gasteiger partial charge in [-0.3, -0.25) is 4.79 Å². The Morgan fingerprint density at radius 1 is 1.10 bits per heavy atom. The van der Waals surface area contributed by atoms with Gasteiger partial charge in [-0.25, -0.2) is 13.6 Å². The fraction of sp³-hybridized carbons (Fsp3) is 0.350. The summed E-state index contributed by atoms with van der Waals surface area (Å²) in [5.74, 6) is -0.155. The fourth-order valence-electron chi connectivity index (χ4n) is 3.09. The topological polar surface area (TPSA) is 114 Å². The lowest BCUT2D eigenvalue weighted by atomic mass is 10.1. The Bertz CT molecular complexity index is 924. The molecule has 29 heavy (non-hydrogen) atoms. The third-order valence-corrected chi connectivity index (χ3v) is 5.73. The van der Waals surface area contributed by atoms with E-state index in [0.717, 1.165) is 43.2 Å². The Labute approximate surface area is 171 Å². The molecule has 9 heteroatoms. The second-order valence-electron chi connectivity index (χ2n) is 6.91. The zero-order valence-electron chi connectivity index (χ0n) is 16.3. The second kappa shape index (κ2) is 9.36. The van der Waals surface area contributed by atoms with Crippen LogP contribution in [0, 0.1) is 0 Å². The average Bonchev–Trinajstić information content (AvgIpc) is 2.73. The highest BCUT2D eigenvalue weighted by Gasteiger charge is 2.13. The minimum atomic E-state index is -3.71. The van der Waals surface area contributed by atoms with Crippen molar-refractivity contribution in [1.82, 2.24) is 5.32 Å². The molecule has 1 amide bonds. The summed E-state index contributed by atoms with van der Waals surface area (Å²) in [7, 11) is -3.71. The molecule has 0 unspecified atom stereocenters. The Morgan fingerprint density at radius 3 is 2.31 bits per heavy atom. The molecule has 1 atom stereocenters. The zero-order valence-corrected chi connectivity index (χ0v) is 17.1. The van der Waals surface area contributed by atoms with Gasteiger partial charge in [0.25, 0.3) is 0 Å². The number of amides is 1. The van der Waals surface area contributed by atoms with Crippen molar-refractivity contribution >= 4 is 27.3 Å². The third kappa shape index (κ3) is 6.01. The summed E-state index contributed by atoms with van der Waals surface area (Å²) in [4.78, 5) is 14.5. The van der Waals surface area contributed by atoms with Crippen molar-refractivity contribution in [2.45, 2.75) is 17.9 Å². The molecule has 0 radical (unpaired) electrons. The van der Waals surface area contributed by atoms with Crippen LogP contribution in [0.3, 0.4) is 0 Å². The molecule has 1 fully saturated rings. The van der Waals surface area contributed by atoms with Gasteiger partial charge in [-0.1, -0.05) is 12.1 Å². The number of hydrogen-bond donors (Lipinski definition) is 3. The highest BCUT2D eigenvalue weighted by Crippen LogP contribution is 2.19. The smallest absolute Gasteiger partial charge is 0.238 e. The Hall–Kier alpha value is -2.46. The maximum absolute atomic E-state index is 12.2. The maximum atomic E-state index is 12.2. The highest BCUT2D eigenvalue weighted by molar-refractivity contribution is 7.89. The number of nitrogens with two attached hydrogens (primary N) is 1. The molecule has 1 saturated heterocycles. The molecule has 2 aromatic carbocycles. The van der Waals surface area contributed by atoms with E-state index in [0.29, 0.717) is 0 Å². The predicted octanol–water partition coefficient (Wildman–Crippen LogP) is 1.46. The number of hydrogen-bond acceptors (Lipinski definition) is 6. The van der Waals surface area contributed by atoms with Crippen molar-refractivity contribution in [2.24, 2.45) is 5.14 Å². The number of sulfonamides is 1. The van der Waals surface area contributed by atoms with Crippen LogP contribution in [0.4, 0.5) is 11.4 Å². The van der Waals surface area contributed by atoms with Crippen LogP contribution in [0.25, 0.3) is 0 Å². The number of nitrogens with one attached hydrogen (secondary N) is 2. The first-order chi connectivity index (χ1) is 13.8. The molecule has 1 heterocycles. The van der Waals surface area contributed by atoms with Crippen molar-refractivity contribution in [3.8, 4) is 0 Å². The van der Waals surface area contributed by atoms with E-state index >= 15 is 0 Å². The van der Waals surface area contributed by atoms with E-state index in [9.17, 15) is 13.2 Å².